The summed E-state index contributed by atoms with van der Waals surface area (Å²) < 4.78 is 0. The van der Waals surface area contributed by atoms with Gasteiger partial charge < -0.3 is 9.80 Å². The summed E-state index contributed by atoms with van der Waals surface area (Å²) in [5.74, 6) is 0.873. The molecule has 2 saturated heterocycles. The predicted octanol–water partition coefficient (Wildman–Crippen LogP) is 8.57. The maximum absolute atomic E-state index is 3.95. The highest BCUT2D eigenvalue weighted by atomic mass is 15.8. The largest absolute Gasteiger partial charge is 0.311 e. The third-order valence-electron chi connectivity index (χ3n) is 11.1. The Kier molecular flexibility index (Phi) is 9.70. The van der Waals surface area contributed by atoms with Crippen LogP contribution in [-0.4, -0.2) is 35.8 Å². The molecular weight excluding hydrogens is 665 g/mol. The number of hydrogen-bond acceptors (Lipinski definition) is 8. The van der Waals surface area contributed by atoms with E-state index in [1.165, 1.54) is 11.1 Å². The van der Waals surface area contributed by atoms with Crippen molar-refractivity contribution in [1.29, 1.82) is 0 Å². The molecule has 6 unspecified atom stereocenters. The second kappa shape index (κ2) is 15.2. The third kappa shape index (κ3) is 6.69. The minimum atomic E-state index is 0.138. The number of benzene rings is 6. The first-order valence-corrected chi connectivity index (χ1v) is 19.2. The first-order valence-electron chi connectivity index (χ1n) is 19.2. The van der Waals surface area contributed by atoms with E-state index in [1.54, 1.807) is 0 Å². The van der Waals surface area contributed by atoms with Crippen molar-refractivity contribution < 1.29 is 0 Å². The monoisotopic (exact) mass is 712 g/mol. The Bertz CT molecular complexity index is 1870. The molecule has 6 aromatic carbocycles. The molecule has 54 heavy (non-hydrogen) atoms. The fraction of sp³-hybridized carbons (Fsp3) is 0.217. The molecule has 0 aromatic heterocycles. The lowest BCUT2D eigenvalue weighted by Gasteiger charge is -2.45. The van der Waals surface area contributed by atoms with Crippen molar-refractivity contribution in [3.8, 4) is 0 Å². The van der Waals surface area contributed by atoms with Crippen LogP contribution >= 0.6 is 0 Å². The minimum Gasteiger partial charge on any atom is -0.311 e. The fourth-order valence-electron chi connectivity index (χ4n) is 8.82. The zero-order chi connectivity index (χ0) is 36.4. The Morgan fingerprint density at radius 3 is 1.06 bits per heavy atom. The Morgan fingerprint density at radius 1 is 0.426 bits per heavy atom. The van der Waals surface area contributed by atoms with Crippen LogP contribution in [0.5, 0.6) is 0 Å². The van der Waals surface area contributed by atoms with Crippen LogP contribution in [0, 0.1) is 5.92 Å². The van der Waals surface area contributed by atoms with Gasteiger partial charge in [-0.05, 0) is 89.8 Å². The molecule has 1 saturated carbocycles. The van der Waals surface area contributed by atoms with Gasteiger partial charge in [-0.25, -0.2) is 21.7 Å². The molecule has 8 nitrogen and oxygen atoms in total. The van der Waals surface area contributed by atoms with Crippen molar-refractivity contribution in [2.24, 2.45) is 5.92 Å². The molecule has 2 aliphatic heterocycles. The maximum Gasteiger partial charge on any atom is 0.0487 e. The van der Waals surface area contributed by atoms with Gasteiger partial charge in [0.1, 0.15) is 0 Å². The van der Waals surface area contributed by atoms with Crippen LogP contribution in [0.15, 0.2) is 170 Å². The van der Waals surface area contributed by atoms with Gasteiger partial charge in [-0.1, -0.05) is 111 Å². The molecule has 3 aliphatic rings. The number of hydrazine groups is 4. The van der Waals surface area contributed by atoms with Crippen LogP contribution in [0.3, 0.4) is 0 Å². The average Bonchev–Trinajstić information content (AvgIpc) is 3.87. The summed E-state index contributed by atoms with van der Waals surface area (Å²) in [6.07, 6.45) is 0. The smallest absolute Gasteiger partial charge is 0.0487 e. The van der Waals surface area contributed by atoms with E-state index in [9.17, 15) is 0 Å². The van der Waals surface area contributed by atoms with Gasteiger partial charge in [0.2, 0.25) is 0 Å². The van der Waals surface area contributed by atoms with Gasteiger partial charge in [0.25, 0.3) is 0 Å². The minimum absolute atomic E-state index is 0.138. The SMILES string of the molecule is CC(C)CN1NC2C(N1)C(c1ccc(N(c3ccccc3)c3ccccc3)cc1)C1NNNC1C2c1ccc(N(c2ccccc2)c2ccccc2)cc1. The van der Waals surface area contributed by atoms with E-state index in [2.05, 4.69) is 226 Å². The predicted molar refractivity (Wildman–Crippen MR) is 220 cm³/mol. The number of fused-ring (bicyclic) bond motifs is 2. The summed E-state index contributed by atoms with van der Waals surface area (Å²) in [6.45, 7) is 5.46. The summed E-state index contributed by atoms with van der Waals surface area (Å²) in [7, 11) is 0. The van der Waals surface area contributed by atoms with Crippen LogP contribution in [0.1, 0.15) is 36.8 Å². The molecule has 9 rings (SSSR count). The molecule has 0 amide bonds. The molecule has 3 fully saturated rings. The molecule has 8 heteroatoms. The summed E-state index contributed by atoms with van der Waals surface area (Å²) in [4.78, 5) is 4.65. The molecule has 272 valence electrons. The molecule has 2 heterocycles. The topological polar surface area (TPSA) is 69.9 Å². The highest BCUT2D eigenvalue weighted by Crippen LogP contribution is 2.46. The first kappa shape index (κ1) is 34.4. The van der Waals surface area contributed by atoms with Crippen LogP contribution in [0.2, 0.25) is 0 Å². The molecule has 1 aliphatic carbocycles. The van der Waals surface area contributed by atoms with Gasteiger partial charge in [-0.3, -0.25) is 0 Å². The number of anilines is 6. The van der Waals surface area contributed by atoms with E-state index in [-0.39, 0.29) is 36.0 Å². The van der Waals surface area contributed by atoms with Gasteiger partial charge in [0.05, 0.1) is 0 Å². The Hall–Kier alpha value is -5.32. The van der Waals surface area contributed by atoms with Crippen LogP contribution in [-0.2, 0) is 0 Å². The molecule has 0 spiro atoms. The van der Waals surface area contributed by atoms with Gasteiger partial charge >= 0.3 is 0 Å². The van der Waals surface area contributed by atoms with Crippen LogP contribution < -0.4 is 37.0 Å². The lowest BCUT2D eigenvalue weighted by Crippen LogP contribution is -2.61. The van der Waals surface area contributed by atoms with Crippen molar-refractivity contribution >= 4 is 34.1 Å². The van der Waals surface area contributed by atoms with E-state index in [1.807, 2.05) is 0 Å². The normalized spacial score (nSPS) is 23.5. The maximum atomic E-state index is 3.95. The van der Waals surface area contributed by atoms with Gasteiger partial charge in [0.15, 0.2) is 0 Å². The van der Waals surface area contributed by atoms with Crippen molar-refractivity contribution in [3.63, 3.8) is 0 Å². The standard InChI is InChI=1S/C46H48N8/c1-32(2)31-52-49-45-41(33-23-27-39(28-24-33)53(35-15-7-3-8-16-35)36-17-9-4-10-18-36)43-44(48-51-47-43)42(46(45)50-52)34-25-29-40(30-26-34)54(37-19-11-5-12-20-37)38-21-13-6-14-22-38/h3-30,32,41-51H,31H2,1-2H3. The summed E-state index contributed by atoms with van der Waals surface area (Å²) >= 11 is 0. The molecule has 5 N–H and O–H groups in total. The number of para-hydroxylation sites is 4. The van der Waals surface area contributed by atoms with E-state index in [0.29, 0.717) is 5.92 Å². The zero-order valence-electron chi connectivity index (χ0n) is 30.8. The number of nitrogens with zero attached hydrogens (tertiary/aromatic N) is 3. The van der Waals surface area contributed by atoms with Crippen LogP contribution in [0.25, 0.3) is 0 Å². The summed E-state index contributed by atoms with van der Waals surface area (Å²) in [5, 5.41) is 2.25. The van der Waals surface area contributed by atoms with Gasteiger partial charge in [-0.2, -0.15) is 10.7 Å². The summed E-state index contributed by atoms with van der Waals surface area (Å²) in [6, 6.07) is 61.4. The van der Waals surface area contributed by atoms with Crippen molar-refractivity contribution in [3.05, 3.63) is 181 Å². The van der Waals surface area contributed by atoms with Crippen molar-refractivity contribution in [1.82, 2.24) is 32.4 Å². The lowest BCUT2D eigenvalue weighted by molar-refractivity contribution is 0.142. The van der Waals surface area contributed by atoms with Gasteiger partial charge in [0, 0.05) is 76.7 Å². The molecule has 0 bridgehead atoms. The van der Waals surface area contributed by atoms with E-state index in [4.69, 9.17) is 0 Å². The van der Waals surface area contributed by atoms with E-state index >= 15 is 0 Å². The fourth-order valence-corrected chi connectivity index (χ4v) is 8.82. The lowest BCUT2D eigenvalue weighted by atomic mass is 9.65. The quantitative estimate of drug-likeness (QED) is 0.0969. The van der Waals surface area contributed by atoms with Gasteiger partial charge in [-0.15, -0.1) is 0 Å². The average molecular weight is 713 g/mol. The van der Waals surface area contributed by atoms with E-state index < -0.39 is 0 Å². The number of hydrogen-bond donors (Lipinski definition) is 5. The third-order valence-corrected chi connectivity index (χ3v) is 11.1. The zero-order valence-corrected chi connectivity index (χ0v) is 30.8. The Morgan fingerprint density at radius 2 is 0.741 bits per heavy atom. The highest BCUT2D eigenvalue weighted by molar-refractivity contribution is 5.77. The Balaban J connectivity index is 1.05. The van der Waals surface area contributed by atoms with Crippen molar-refractivity contribution in [2.45, 2.75) is 49.9 Å². The second-order valence-corrected chi connectivity index (χ2v) is 15.0. The second-order valence-electron chi connectivity index (χ2n) is 15.0. The Labute approximate surface area is 318 Å². The first-order chi connectivity index (χ1) is 26.6. The molecular formula is C46H48N8. The highest BCUT2D eigenvalue weighted by Gasteiger charge is 2.56. The van der Waals surface area contributed by atoms with Crippen LogP contribution in [0.4, 0.5) is 34.1 Å². The van der Waals surface area contributed by atoms with Crippen molar-refractivity contribution in [2.75, 3.05) is 16.3 Å². The molecule has 6 aromatic rings. The van der Waals surface area contributed by atoms with E-state index in [0.717, 1.165) is 40.7 Å². The molecule has 6 atom stereocenters. The number of rotatable bonds is 10. The molecule has 0 radical (unpaired) electrons. The number of nitrogens with one attached hydrogen (secondary N) is 5. The summed E-state index contributed by atoms with van der Waals surface area (Å²) in [5.41, 5.74) is 28.0.